The Labute approximate surface area is 184 Å². The summed E-state index contributed by atoms with van der Waals surface area (Å²) in [7, 11) is 0. The number of nitrogens with one attached hydrogen (secondary N) is 1. The third kappa shape index (κ3) is 3.86. The van der Waals surface area contributed by atoms with E-state index in [1.54, 1.807) is 27.6 Å². The largest absolute Gasteiger partial charge is 0.367 e. The quantitative estimate of drug-likeness (QED) is 0.528. The zero-order valence-electron chi connectivity index (χ0n) is 18.0. The van der Waals surface area contributed by atoms with Gasteiger partial charge in [0.25, 0.3) is 5.56 Å². The maximum Gasteiger partial charge on any atom is 0.267 e. The summed E-state index contributed by atoms with van der Waals surface area (Å²) in [6.45, 7) is 3.90. The molecule has 8 nitrogen and oxygen atoms in total. The first-order valence-corrected chi connectivity index (χ1v) is 10.8. The van der Waals surface area contributed by atoms with E-state index in [0.717, 1.165) is 37.1 Å². The number of benzene rings is 1. The van der Waals surface area contributed by atoms with E-state index < -0.39 is 0 Å². The van der Waals surface area contributed by atoms with Crippen molar-refractivity contribution in [2.45, 2.75) is 51.6 Å². The van der Waals surface area contributed by atoms with E-state index in [2.05, 4.69) is 25.5 Å². The maximum absolute atomic E-state index is 13.7. The summed E-state index contributed by atoms with van der Waals surface area (Å²) in [5.41, 5.74) is 2.48. The molecular weight excluding hydrogens is 409 g/mol. The van der Waals surface area contributed by atoms with E-state index >= 15 is 0 Å². The van der Waals surface area contributed by atoms with E-state index in [4.69, 9.17) is 0 Å². The smallest absolute Gasteiger partial charge is 0.267 e. The standard InChI is InChI=1S/C23H24FN7O/c1-14-11-15(2)30(28-14)21-9-10-22(32)31(29-21)18-6-4-17(5-7-18)27-23-19-12-16(24)3-8-20(19)25-13-26-23/h3,8-13,17-18H,4-7H2,1-2H3,(H,25,26,27). The third-order valence-electron chi connectivity index (χ3n) is 6.02. The third-order valence-corrected chi connectivity index (χ3v) is 6.02. The van der Waals surface area contributed by atoms with E-state index in [9.17, 15) is 9.18 Å². The zero-order chi connectivity index (χ0) is 22.2. The van der Waals surface area contributed by atoms with Gasteiger partial charge in [-0.25, -0.2) is 23.7 Å². The molecule has 0 spiro atoms. The Morgan fingerprint density at radius 1 is 1.00 bits per heavy atom. The van der Waals surface area contributed by atoms with Crippen LogP contribution in [0.15, 0.2) is 47.5 Å². The van der Waals surface area contributed by atoms with Crippen LogP contribution < -0.4 is 10.9 Å². The highest BCUT2D eigenvalue weighted by Crippen LogP contribution is 2.30. The van der Waals surface area contributed by atoms with Crippen molar-refractivity contribution < 1.29 is 4.39 Å². The molecule has 0 radical (unpaired) electrons. The van der Waals surface area contributed by atoms with Crippen LogP contribution in [0.2, 0.25) is 0 Å². The van der Waals surface area contributed by atoms with Crippen molar-refractivity contribution in [2.75, 3.05) is 5.32 Å². The van der Waals surface area contributed by atoms with Gasteiger partial charge in [0.2, 0.25) is 0 Å². The van der Waals surface area contributed by atoms with E-state index in [1.165, 1.54) is 18.5 Å². The fourth-order valence-corrected chi connectivity index (χ4v) is 4.45. The van der Waals surface area contributed by atoms with E-state index in [0.29, 0.717) is 22.5 Å². The van der Waals surface area contributed by atoms with Crippen molar-refractivity contribution in [3.05, 3.63) is 70.3 Å². The molecule has 3 aromatic heterocycles. The topological polar surface area (TPSA) is 90.5 Å². The van der Waals surface area contributed by atoms with Gasteiger partial charge in [-0.15, -0.1) is 5.10 Å². The first kappa shape index (κ1) is 20.3. The molecule has 0 bridgehead atoms. The molecule has 5 rings (SSSR count). The predicted octanol–water partition coefficient (Wildman–Crippen LogP) is 3.72. The highest BCUT2D eigenvalue weighted by molar-refractivity contribution is 5.88. The van der Waals surface area contributed by atoms with Crippen molar-refractivity contribution in [2.24, 2.45) is 0 Å². The Morgan fingerprint density at radius 3 is 2.56 bits per heavy atom. The molecule has 1 aliphatic rings. The van der Waals surface area contributed by atoms with Gasteiger partial charge < -0.3 is 5.32 Å². The van der Waals surface area contributed by atoms with Crippen LogP contribution >= 0.6 is 0 Å². The summed E-state index contributed by atoms with van der Waals surface area (Å²) in [5.74, 6) is 0.969. The normalized spacial score (nSPS) is 18.7. The van der Waals surface area contributed by atoms with Gasteiger partial charge in [0.05, 0.1) is 17.3 Å². The summed E-state index contributed by atoms with van der Waals surface area (Å²) in [4.78, 5) is 21.1. The molecule has 1 aliphatic carbocycles. The zero-order valence-corrected chi connectivity index (χ0v) is 18.0. The number of aromatic nitrogens is 6. The number of fused-ring (bicyclic) bond motifs is 1. The van der Waals surface area contributed by atoms with Gasteiger partial charge in [-0.05, 0) is 69.9 Å². The van der Waals surface area contributed by atoms with Crippen LogP contribution in [0.5, 0.6) is 0 Å². The molecule has 164 valence electrons. The van der Waals surface area contributed by atoms with E-state index in [-0.39, 0.29) is 23.5 Å². The molecule has 0 aliphatic heterocycles. The van der Waals surface area contributed by atoms with Crippen molar-refractivity contribution >= 4 is 16.7 Å². The van der Waals surface area contributed by atoms with Crippen LogP contribution in [0, 0.1) is 19.7 Å². The Kier molecular flexibility index (Phi) is 5.16. The van der Waals surface area contributed by atoms with Crippen molar-refractivity contribution in [1.29, 1.82) is 0 Å². The first-order valence-electron chi connectivity index (χ1n) is 10.8. The number of halogens is 1. The minimum absolute atomic E-state index is 0.0250. The average Bonchev–Trinajstić information content (AvgIpc) is 3.13. The van der Waals surface area contributed by atoms with Gasteiger partial charge in [0.15, 0.2) is 5.82 Å². The van der Waals surface area contributed by atoms with Gasteiger partial charge >= 0.3 is 0 Å². The average molecular weight is 433 g/mol. The molecule has 1 aromatic carbocycles. The molecule has 0 unspecified atom stereocenters. The molecule has 9 heteroatoms. The second-order valence-electron chi connectivity index (χ2n) is 8.35. The van der Waals surface area contributed by atoms with Gasteiger partial charge in [0.1, 0.15) is 18.0 Å². The molecule has 1 N–H and O–H groups in total. The molecule has 3 heterocycles. The van der Waals surface area contributed by atoms with Crippen molar-refractivity contribution in [3.8, 4) is 5.82 Å². The highest BCUT2D eigenvalue weighted by atomic mass is 19.1. The van der Waals surface area contributed by atoms with Gasteiger partial charge in [-0.1, -0.05) is 0 Å². The van der Waals surface area contributed by atoms with E-state index in [1.807, 2.05) is 19.9 Å². The van der Waals surface area contributed by atoms with Crippen LogP contribution in [0.25, 0.3) is 16.7 Å². The Balaban J connectivity index is 1.32. The fraction of sp³-hybridized carbons (Fsp3) is 0.348. The Hall–Kier alpha value is -3.62. The van der Waals surface area contributed by atoms with Crippen LogP contribution in [-0.2, 0) is 0 Å². The number of nitrogens with zero attached hydrogens (tertiary/aromatic N) is 6. The molecular formula is C23H24FN7O. The van der Waals surface area contributed by atoms with Gasteiger partial charge in [0, 0.05) is 23.2 Å². The van der Waals surface area contributed by atoms with Crippen LogP contribution in [-0.4, -0.2) is 35.6 Å². The lowest BCUT2D eigenvalue weighted by Gasteiger charge is -2.30. The number of aryl methyl sites for hydroxylation is 2. The van der Waals surface area contributed by atoms with Crippen molar-refractivity contribution in [1.82, 2.24) is 29.5 Å². The van der Waals surface area contributed by atoms with Crippen LogP contribution in [0.4, 0.5) is 10.2 Å². The predicted molar refractivity (Wildman–Crippen MR) is 120 cm³/mol. The Morgan fingerprint density at radius 2 is 1.81 bits per heavy atom. The molecule has 1 saturated carbocycles. The lowest BCUT2D eigenvalue weighted by atomic mass is 9.91. The summed E-state index contributed by atoms with van der Waals surface area (Å²) >= 11 is 0. The molecule has 1 fully saturated rings. The minimum atomic E-state index is -0.313. The lowest BCUT2D eigenvalue weighted by molar-refractivity contribution is 0.302. The highest BCUT2D eigenvalue weighted by Gasteiger charge is 2.25. The van der Waals surface area contributed by atoms with Crippen molar-refractivity contribution in [3.63, 3.8) is 0 Å². The molecule has 0 atom stereocenters. The lowest BCUT2D eigenvalue weighted by Crippen LogP contribution is -2.33. The minimum Gasteiger partial charge on any atom is -0.367 e. The fourth-order valence-electron chi connectivity index (χ4n) is 4.45. The van der Waals surface area contributed by atoms with Crippen LogP contribution in [0.1, 0.15) is 43.1 Å². The first-order chi connectivity index (χ1) is 15.5. The summed E-state index contributed by atoms with van der Waals surface area (Å²) < 4.78 is 17.1. The molecule has 4 aromatic rings. The second kappa shape index (κ2) is 8.14. The summed E-state index contributed by atoms with van der Waals surface area (Å²) in [6.07, 6.45) is 4.81. The Bertz CT molecular complexity index is 1340. The number of hydrogen-bond donors (Lipinski definition) is 1. The molecule has 0 saturated heterocycles. The second-order valence-corrected chi connectivity index (χ2v) is 8.35. The van der Waals surface area contributed by atoms with Gasteiger partial charge in [-0.2, -0.15) is 5.10 Å². The SMILES string of the molecule is Cc1cc(C)n(-c2ccc(=O)n(C3CCC(Nc4ncnc5ccc(F)cc45)CC3)n2)n1. The van der Waals surface area contributed by atoms with Crippen LogP contribution in [0.3, 0.4) is 0 Å². The summed E-state index contributed by atoms with van der Waals surface area (Å²) in [6, 6.07) is 9.97. The number of hydrogen-bond acceptors (Lipinski definition) is 6. The maximum atomic E-state index is 13.7. The number of anilines is 1. The monoisotopic (exact) mass is 433 g/mol. The number of rotatable bonds is 4. The van der Waals surface area contributed by atoms with Gasteiger partial charge in [-0.3, -0.25) is 4.79 Å². The molecule has 0 amide bonds. The molecule has 32 heavy (non-hydrogen) atoms. The summed E-state index contributed by atoms with van der Waals surface area (Å²) in [5, 5.41) is 13.2.